The first-order valence-electron chi connectivity index (χ1n) is 8.46. The number of ether oxygens (including phenoxy) is 1. The molecule has 0 unspecified atom stereocenters. The van der Waals surface area contributed by atoms with Crippen molar-refractivity contribution >= 4 is 11.6 Å². The Kier molecular flexibility index (Phi) is 4.47. The van der Waals surface area contributed by atoms with Crippen LogP contribution in [-0.4, -0.2) is 22.9 Å². The molecule has 0 spiro atoms. The Morgan fingerprint density at radius 2 is 1.92 bits per heavy atom. The van der Waals surface area contributed by atoms with Crippen LogP contribution in [-0.2, 0) is 6.54 Å². The number of aromatic nitrogens is 2. The van der Waals surface area contributed by atoms with E-state index in [1.807, 2.05) is 53.2 Å². The summed E-state index contributed by atoms with van der Waals surface area (Å²) in [6, 6.07) is 16.4. The zero-order valence-corrected chi connectivity index (χ0v) is 14.8. The minimum absolute atomic E-state index is 0.642. The number of rotatable bonds is 6. The molecule has 4 nitrogen and oxygen atoms in total. The topological polar surface area (TPSA) is 39.1 Å². The third kappa shape index (κ3) is 3.55. The molecule has 0 atom stereocenters. The van der Waals surface area contributed by atoms with E-state index in [1.54, 1.807) is 7.11 Å². The van der Waals surface area contributed by atoms with E-state index in [4.69, 9.17) is 21.4 Å². The Balaban J connectivity index is 1.72. The van der Waals surface area contributed by atoms with Gasteiger partial charge in [0.15, 0.2) is 0 Å². The summed E-state index contributed by atoms with van der Waals surface area (Å²) in [4.78, 5) is 0. The summed E-state index contributed by atoms with van der Waals surface area (Å²) in [6.07, 6.45) is 4.60. The summed E-state index contributed by atoms with van der Waals surface area (Å²) in [5.74, 6) is 0.831. The van der Waals surface area contributed by atoms with Gasteiger partial charge >= 0.3 is 0 Å². The van der Waals surface area contributed by atoms with Crippen molar-refractivity contribution in [3.8, 4) is 22.7 Å². The molecule has 1 N–H and O–H groups in total. The Morgan fingerprint density at radius 3 is 2.60 bits per heavy atom. The van der Waals surface area contributed by atoms with Crippen molar-refractivity contribution in [2.75, 3.05) is 7.11 Å². The molecular weight excluding hydrogens is 334 g/mol. The maximum atomic E-state index is 6.41. The Labute approximate surface area is 152 Å². The summed E-state index contributed by atoms with van der Waals surface area (Å²) in [5, 5.41) is 9.10. The van der Waals surface area contributed by atoms with Crippen LogP contribution in [0.15, 0.2) is 54.7 Å². The molecule has 0 radical (unpaired) electrons. The number of benzene rings is 2. The zero-order valence-electron chi connectivity index (χ0n) is 14.1. The van der Waals surface area contributed by atoms with Gasteiger partial charge in [0.05, 0.1) is 23.5 Å². The molecule has 2 aromatic carbocycles. The number of nitrogens with one attached hydrogen (secondary N) is 1. The fourth-order valence-electron chi connectivity index (χ4n) is 2.83. The molecule has 1 heterocycles. The minimum Gasteiger partial charge on any atom is -0.497 e. The van der Waals surface area contributed by atoms with Crippen LogP contribution in [0.4, 0.5) is 0 Å². The highest BCUT2D eigenvalue weighted by atomic mass is 35.5. The first-order chi connectivity index (χ1) is 12.2. The second kappa shape index (κ2) is 6.90. The van der Waals surface area contributed by atoms with Gasteiger partial charge in [-0.05, 0) is 43.2 Å². The molecule has 1 fully saturated rings. The van der Waals surface area contributed by atoms with Crippen molar-refractivity contribution < 1.29 is 4.74 Å². The van der Waals surface area contributed by atoms with Crippen LogP contribution in [0.2, 0.25) is 5.02 Å². The minimum atomic E-state index is 0.642. The van der Waals surface area contributed by atoms with E-state index in [2.05, 4.69) is 11.5 Å². The lowest BCUT2D eigenvalue weighted by Gasteiger charge is -2.05. The van der Waals surface area contributed by atoms with Gasteiger partial charge in [-0.1, -0.05) is 29.8 Å². The smallest absolute Gasteiger partial charge is 0.119 e. The SMILES string of the molecule is COc1ccc(-n2cc(CNC3CC3)c(-c3ccccc3Cl)n2)cc1. The van der Waals surface area contributed by atoms with Crippen molar-refractivity contribution in [3.05, 3.63) is 65.3 Å². The van der Waals surface area contributed by atoms with Crippen molar-refractivity contribution in [2.24, 2.45) is 0 Å². The molecule has 0 saturated heterocycles. The highest BCUT2D eigenvalue weighted by Crippen LogP contribution is 2.31. The lowest BCUT2D eigenvalue weighted by Crippen LogP contribution is -2.15. The molecule has 0 amide bonds. The maximum Gasteiger partial charge on any atom is 0.119 e. The quantitative estimate of drug-likeness (QED) is 0.711. The van der Waals surface area contributed by atoms with Gasteiger partial charge in [0, 0.05) is 29.9 Å². The fourth-order valence-corrected chi connectivity index (χ4v) is 3.05. The molecule has 0 aliphatic heterocycles. The first kappa shape index (κ1) is 16.2. The van der Waals surface area contributed by atoms with Crippen LogP contribution in [0, 0.1) is 0 Å². The van der Waals surface area contributed by atoms with Gasteiger partial charge in [-0.15, -0.1) is 0 Å². The Bertz CT molecular complexity index is 869. The van der Waals surface area contributed by atoms with Crippen LogP contribution >= 0.6 is 11.6 Å². The molecule has 4 rings (SSSR count). The van der Waals surface area contributed by atoms with Crippen LogP contribution < -0.4 is 10.1 Å². The zero-order chi connectivity index (χ0) is 17.2. The molecule has 5 heteroatoms. The highest BCUT2D eigenvalue weighted by Gasteiger charge is 2.22. The predicted octanol–water partition coefficient (Wildman–Crippen LogP) is 4.45. The summed E-state index contributed by atoms with van der Waals surface area (Å²) >= 11 is 6.41. The summed E-state index contributed by atoms with van der Waals surface area (Å²) in [6.45, 7) is 0.793. The Hall–Kier alpha value is -2.30. The second-order valence-corrected chi connectivity index (χ2v) is 6.69. The highest BCUT2D eigenvalue weighted by molar-refractivity contribution is 6.33. The summed E-state index contributed by atoms with van der Waals surface area (Å²) < 4.78 is 7.14. The standard InChI is InChI=1S/C20H20ClN3O/c1-25-17-10-8-16(9-11-17)24-13-14(12-22-15-6-7-15)20(23-24)18-4-2-3-5-19(18)21/h2-5,8-11,13,15,22H,6-7,12H2,1H3. The number of hydrogen-bond donors (Lipinski definition) is 1. The van der Waals surface area contributed by atoms with Crippen LogP contribution in [0.25, 0.3) is 16.9 Å². The molecule has 1 aliphatic rings. The van der Waals surface area contributed by atoms with Crippen molar-refractivity contribution in [1.82, 2.24) is 15.1 Å². The van der Waals surface area contributed by atoms with Crippen molar-refractivity contribution in [3.63, 3.8) is 0 Å². The molecule has 0 bridgehead atoms. The molecule has 3 aromatic rings. The van der Waals surface area contributed by atoms with Gasteiger partial charge in [-0.3, -0.25) is 0 Å². The first-order valence-corrected chi connectivity index (χ1v) is 8.83. The predicted molar refractivity (Wildman–Crippen MR) is 100 cm³/mol. The third-order valence-electron chi connectivity index (χ3n) is 4.41. The van der Waals surface area contributed by atoms with E-state index in [-0.39, 0.29) is 0 Å². The number of halogens is 1. The molecule has 1 saturated carbocycles. The van der Waals surface area contributed by atoms with Gasteiger partial charge in [0.1, 0.15) is 5.75 Å². The van der Waals surface area contributed by atoms with Crippen LogP contribution in [0.5, 0.6) is 5.75 Å². The summed E-state index contributed by atoms with van der Waals surface area (Å²) in [5.41, 5.74) is 4.03. The van der Waals surface area contributed by atoms with Crippen LogP contribution in [0.1, 0.15) is 18.4 Å². The molecule has 128 valence electrons. The van der Waals surface area contributed by atoms with Gasteiger partial charge in [0.2, 0.25) is 0 Å². The van der Waals surface area contributed by atoms with Crippen molar-refractivity contribution in [1.29, 1.82) is 0 Å². The lowest BCUT2D eigenvalue weighted by atomic mass is 10.1. The van der Waals surface area contributed by atoms with E-state index < -0.39 is 0 Å². The van der Waals surface area contributed by atoms with Gasteiger partial charge in [-0.2, -0.15) is 5.10 Å². The average molecular weight is 354 g/mol. The Morgan fingerprint density at radius 1 is 1.16 bits per heavy atom. The maximum absolute atomic E-state index is 6.41. The monoisotopic (exact) mass is 353 g/mol. The number of methoxy groups -OCH3 is 1. The van der Waals surface area contributed by atoms with Crippen molar-refractivity contribution in [2.45, 2.75) is 25.4 Å². The third-order valence-corrected chi connectivity index (χ3v) is 4.74. The fraction of sp³-hybridized carbons (Fsp3) is 0.250. The van der Waals surface area contributed by atoms with E-state index >= 15 is 0 Å². The van der Waals surface area contributed by atoms with Crippen LogP contribution in [0.3, 0.4) is 0 Å². The number of nitrogens with zero attached hydrogens (tertiary/aromatic N) is 2. The van der Waals surface area contributed by atoms with E-state index in [0.29, 0.717) is 6.04 Å². The molecule has 1 aliphatic carbocycles. The van der Waals surface area contributed by atoms with Gasteiger partial charge in [-0.25, -0.2) is 4.68 Å². The second-order valence-electron chi connectivity index (χ2n) is 6.28. The summed E-state index contributed by atoms with van der Waals surface area (Å²) in [7, 11) is 1.67. The van der Waals surface area contributed by atoms with Gasteiger partial charge in [0.25, 0.3) is 0 Å². The van der Waals surface area contributed by atoms with Gasteiger partial charge < -0.3 is 10.1 Å². The number of hydrogen-bond acceptors (Lipinski definition) is 3. The van der Waals surface area contributed by atoms with E-state index in [0.717, 1.165) is 39.8 Å². The molecular formula is C20H20ClN3O. The van der Waals surface area contributed by atoms with E-state index in [1.165, 1.54) is 12.8 Å². The normalized spacial score (nSPS) is 13.8. The average Bonchev–Trinajstić information content (AvgIpc) is 3.39. The van der Waals surface area contributed by atoms with E-state index in [9.17, 15) is 0 Å². The molecule has 1 aromatic heterocycles. The molecule has 25 heavy (non-hydrogen) atoms. The lowest BCUT2D eigenvalue weighted by molar-refractivity contribution is 0.414. The largest absolute Gasteiger partial charge is 0.497 e.